The Hall–Kier alpha value is -1.31. The van der Waals surface area contributed by atoms with Crippen molar-refractivity contribution >= 4 is 12.4 Å². The molecule has 16 heavy (non-hydrogen) atoms. The lowest BCUT2D eigenvalue weighted by atomic mass is 10.3. The van der Waals surface area contributed by atoms with E-state index in [4.69, 9.17) is 0 Å². The summed E-state index contributed by atoms with van der Waals surface area (Å²) >= 11 is 0. The molecule has 1 aromatic heterocycles. The predicted molar refractivity (Wildman–Crippen MR) is 69.8 cm³/mol. The van der Waals surface area contributed by atoms with Gasteiger partial charge in [0.1, 0.15) is 12.4 Å². The van der Waals surface area contributed by atoms with Crippen LogP contribution < -0.4 is 4.57 Å². The molecule has 0 fully saturated rings. The molecule has 0 aliphatic heterocycles. The van der Waals surface area contributed by atoms with E-state index in [2.05, 4.69) is 66.9 Å². The second kappa shape index (κ2) is 7.04. The van der Waals surface area contributed by atoms with Crippen LogP contribution in [0.15, 0.2) is 24.5 Å². The van der Waals surface area contributed by atoms with Crippen molar-refractivity contribution < 1.29 is 4.57 Å². The number of aromatic nitrogens is 2. The first-order valence-corrected chi connectivity index (χ1v) is 6.21. The highest BCUT2D eigenvalue weighted by atomic mass is 15.1. The van der Waals surface area contributed by atoms with Crippen LogP contribution in [0.2, 0.25) is 0 Å². The van der Waals surface area contributed by atoms with Crippen LogP contribution in [0.25, 0.3) is 12.4 Å². The maximum atomic E-state index is 2.22. The van der Waals surface area contributed by atoms with E-state index in [0.29, 0.717) is 0 Å². The summed E-state index contributed by atoms with van der Waals surface area (Å²) in [4.78, 5) is 0. The van der Waals surface area contributed by atoms with E-state index in [-0.39, 0.29) is 0 Å². The number of allylic oxidation sites excluding steroid dienone is 2. The monoisotopic (exact) mass is 219 g/mol. The smallest absolute Gasteiger partial charge is 0.207 e. The highest BCUT2D eigenvalue weighted by Gasteiger charge is 2.06. The molecule has 2 nitrogen and oxygen atoms in total. The Bertz CT molecular complexity index is 325. The highest BCUT2D eigenvalue weighted by molar-refractivity contribution is 5.23. The predicted octanol–water partition coefficient (Wildman–Crippen LogP) is 3.63. The topological polar surface area (TPSA) is 8.81 Å². The van der Waals surface area contributed by atoms with Crippen LogP contribution in [0, 0.1) is 6.92 Å². The Balaban J connectivity index is 2.68. The van der Waals surface area contributed by atoms with Gasteiger partial charge in [0.2, 0.25) is 0 Å². The van der Waals surface area contributed by atoms with Crippen molar-refractivity contribution in [2.24, 2.45) is 0 Å². The van der Waals surface area contributed by atoms with Crippen LogP contribution in [-0.4, -0.2) is 4.57 Å². The lowest BCUT2D eigenvalue weighted by Crippen LogP contribution is -2.27. The van der Waals surface area contributed by atoms with Gasteiger partial charge in [-0.3, -0.25) is 0 Å². The number of rotatable bonds is 6. The largest absolute Gasteiger partial charge is 0.262 e. The summed E-state index contributed by atoms with van der Waals surface area (Å²) in [5.41, 5.74) is 0. The summed E-state index contributed by atoms with van der Waals surface area (Å²) in [5.74, 6) is 1.24. The van der Waals surface area contributed by atoms with E-state index in [9.17, 15) is 0 Å². The van der Waals surface area contributed by atoms with E-state index in [0.717, 1.165) is 12.8 Å². The molecule has 0 radical (unpaired) electrons. The zero-order chi connectivity index (χ0) is 11.8. The average molecular weight is 219 g/mol. The van der Waals surface area contributed by atoms with Crippen molar-refractivity contribution in [1.82, 2.24) is 4.57 Å². The van der Waals surface area contributed by atoms with E-state index in [1.165, 1.54) is 18.7 Å². The lowest BCUT2D eigenvalue weighted by Gasteiger charge is -1.91. The van der Waals surface area contributed by atoms with Crippen molar-refractivity contribution in [1.29, 1.82) is 0 Å². The Labute approximate surface area is 98.9 Å². The molecule has 0 bridgehead atoms. The molecule has 1 rings (SSSR count). The van der Waals surface area contributed by atoms with E-state index < -0.39 is 0 Å². The fraction of sp³-hybridized carbons (Fsp3) is 0.500. The molecule has 88 valence electrons. The minimum Gasteiger partial charge on any atom is -0.207 e. The average Bonchev–Trinajstić information content (AvgIpc) is 2.62. The van der Waals surface area contributed by atoms with Crippen molar-refractivity contribution in [3.63, 3.8) is 0 Å². The maximum absolute atomic E-state index is 2.22. The Morgan fingerprint density at radius 2 is 1.88 bits per heavy atom. The molecule has 0 saturated heterocycles. The van der Waals surface area contributed by atoms with Gasteiger partial charge in [-0.2, -0.15) is 0 Å². The number of hydrogen-bond acceptors (Lipinski definition) is 0. The molecule has 0 aliphatic carbocycles. The third-order valence-corrected chi connectivity index (χ3v) is 2.58. The summed E-state index contributed by atoms with van der Waals surface area (Å²) in [5, 5.41) is 0. The van der Waals surface area contributed by atoms with Crippen LogP contribution in [0.3, 0.4) is 0 Å². The first kappa shape index (κ1) is 12.8. The highest BCUT2D eigenvalue weighted by Crippen LogP contribution is 1.98. The molecule has 0 spiro atoms. The zero-order valence-corrected chi connectivity index (χ0v) is 10.7. The number of nitrogens with zero attached hydrogens (tertiary/aromatic N) is 2. The second-order valence-corrected chi connectivity index (χ2v) is 4.01. The standard InChI is InChI=1S/C14H23N2/c1-4-6-8-10-15-12-13-16(14(15)3)11-9-7-5-2/h8-13H,4-7H2,1-3H3/q+1. The van der Waals surface area contributed by atoms with Gasteiger partial charge in [0.15, 0.2) is 0 Å². The van der Waals surface area contributed by atoms with E-state index >= 15 is 0 Å². The van der Waals surface area contributed by atoms with Crippen LogP contribution in [0.5, 0.6) is 0 Å². The van der Waals surface area contributed by atoms with Gasteiger partial charge in [-0.05, 0) is 25.0 Å². The molecular weight excluding hydrogens is 196 g/mol. The molecule has 0 aromatic carbocycles. The summed E-state index contributed by atoms with van der Waals surface area (Å²) in [7, 11) is 0. The molecule has 0 N–H and O–H groups in total. The molecule has 0 amide bonds. The van der Waals surface area contributed by atoms with Crippen molar-refractivity contribution in [3.8, 4) is 0 Å². The molecular formula is C14H23N2+. The van der Waals surface area contributed by atoms with Gasteiger partial charge in [-0.15, -0.1) is 0 Å². The minimum atomic E-state index is 1.14. The Kier molecular flexibility index (Phi) is 5.62. The first-order valence-electron chi connectivity index (χ1n) is 6.21. The van der Waals surface area contributed by atoms with Gasteiger partial charge in [0.25, 0.3) is 5.82 Å². The number of hydrogen-bond donors (Lipinski definition) is 0. The van der Waals surface area contributed by atoms with Crippen LogP contribution in [-0.2, 0) is 0 Å². The van der Waals surface area contributed by atoms with Gasteiger partial charge in [0.05, 0.1) is 12.4 Å². The van der Waals surface area contributed by atoms with E-state index in [1.54, 1.807) is 0 Å². The van der Waals surface area contributed by atoms with Crippen molar-refractivity contribution in [2.75, 3.05) is 0 Å². The summed E-state index contributed by atoms with van der Waals surface area (Å²) < 4.78 is 4.32. The summed E-state index contributed by atoms with van der Waals surface area (Å²) in [6.07, 6.45) is 17.6. The van der Waals surface area contributed by atoms with Gasteiger partial charge in [-0.1, -0.05) is 26.7 Å². The Morgan fingerprint density at radius 3 is 2.56 bits per heavy atom. The van der Waals surface area contributed by atoms with Crippen molar-refractivity contribution in [3.05, 3.63) is 30.4 Å². The summed E-state index contributed by atoms with van der Waals surface area (Å²) in [6, 6.07) is 0. The van der Waals surface area contributed by atoms with Gasteiger partial charge < -0.3 is 0 Å². The third kappa shape index (κ3) is 3.69. The van der Waals surface area contributed by atoms with Crippen LogP contribution >= 0.6 is 0 Å². The fourth-order valence-corrected chi connectivity index (χ4v) is 1.52. The molecule has 1 aromatic rings. The molecule has 0 saturated carbocycles. The van der Waals surface area contributed by atoms with Crippen molar-refractivity contribution in [2.45, 2.75) is 46.5 Å². The maximum Gasteiger partial charge on any atom is 0.262 e. The van der Waals surface area contributed by atoms with Gasteiger partial charge >= 0.3 is 0 Å². The Morgan fingerprint density at radius 1 is 1.19 bits per heavy atom. The number of imidazole rings is 1. The van der Waals surface area contributed by atoms with Gasteiger partial charge in [0, 0.05) is 6.92 Å². The van der Waals surface area contributed by atoms with E-state index in [1.807, 2.05) is 0 Å². The fourth-order valence-electron chi connectivity index (χ4n) is 1.52. The summed E-state index contributed by atoms with van der Waals surface area (Å²) in [6.45, 7) is 6.52. The minimum absolute atomic E-state index is 1.14. The second-order valence-electron chi connectivity index (χ2n) is 4.01. The first-order chi connectivity index (χ1) is 7.79. The SMILES string of the molecule is CCCC=Cn1cc[n+](C=CCCC)c1C. The molecule has 2 heteroatoms. The quantitative estimate of drug-likeness (QED) is 0.646. The third-order valence-electron chi connectivity index (χ3n) is 2.58. The molecule has 0 atom stereocenters. The number of unbranched alkanes of at least 4 members (excludes halogenated alkanes) is 2. The normalized spacial score (nSPS) is 11.9. The molecule has 0 unspecified atom stereocenters. The van der Waals surface area contributed by atoms with Crippen LogP contribution in [0.1, 0.15) is 45.4 Å². The van der Waals surface area contributed by atoms with Gasteiger partial charge in [-0.25, -0.2) is 9.13 Å². The lowest BCUT2D eigenvalue weighted by molar-refractivity contribution is -0.574. The zero-order valence-electron chi connectivity index (χ0n) is 10.7. The molecule has 0 aliphatic rings. The van der Waals surface area contributed by atoms with Crippen LogP contribution in [0.4, 0.5) is 0 Å². The molecule has 1 heterocycles.